The van der Waals surface area contributed by atoms with Crippen molar-refractivity contribution in [2.75, 3.05) is 24.6 Å². The van der Waals surface area contributed by atoms with Crippen LogP contribution in [0.15, 0.2) is 18.5 Å². The Kier molecular flexibility index (Phi) is 4.68. The number of nitrogens with two attached hydrogens (primary N) is 1. The number of pyridine rings is 1. The fourth-order valence-corrected chi connectivity index (χ4v) is 3.04. The van der Waals surface area contributed by atoms with Crippen molar-refractivity contribution >= 4 is 17.6 Å². The summed E-state index contributed by atoms with van der Waals surface area (Å²) in [5, 5.41) is 0. The fraction of sp³-hybridized carbons (Fsp3) is 0.562. The second-order valence-corrected chi connectivity index (χ2v) is 5.96. The summed E-state index contributed by atoms with van der Waals surface area (Å²) < 4.78 is 5.28. The predicted molar refractivity (Wildman–Crippen MR) is 83.5 cm³/mol. The molecule has 1 amide bonds. The van der Waals surface area contributed by atoms with Crippen LogP contribution in [-0.4, -0.2) is 36.6 Å². The number of carbonyl (C=O) groups excluding carboxylic acids is 2. The van der Waals surface area contributed by atoms with Crippen LogP contribution in [0, 0.1) is 11.3 Å². The van der Waals surface area contributed by atoms with Crippen LogP contribution in [0.4, 0.5) is 5.69 Å². The molecule has 0 radical (unpaired) electrons. The van der Waals surface area contributed by atoms with Gasteiger partial charge in [0.2, 0.25) is 0 Å². The third-order valence-electron chi connectivity index (χ3n) is 4.49. The van der Waals surface area contributed by atoms with Gasteiger partial charge in [0.05, 0.1) is 23.3 Å². The molecule has 1 saturated heterocycles. The number of amides is 1. The van der Waals surface area contributed by atoms with E-state index in [-0.39, 0.29) is 11.9 Å². The van der Waals surface area contributed by atoms with Crippen molar-refractivity contribution < 1.29 is 14.3 Å². The highest BCUT2D eigenvalue weighted by Crippen LogP contribution is 2.41. The van der Waals surface area contributed by atoms with E-state index in [1.54, 1.807) is 12.3 Å². The molecule has 1 aromatic heterocycles. The second kappa shape index (κ2) is 6.34. The molecule has 0 saturated carbocycles. The lowest BCUT2D eigenvalue weighted by Gasteiger charge is -2.31. The fourth-order valence-electron chi connectivity index (χ4n) is 3.04. The van der Waals surface area contributed by atoms with Gasteiger partial charge in [-0.2, -0.15) is 0 Å². The van der Waals surface area contributed by atoms with Crippen molar-refractivity contribution in [2.45, 2.75) is 27.2 Å². The van der Waals surface area contributed by atoms with Gasteiger partial charge in [-0.1, -0.05) is 13.8 Å². The van der Waals surface area contributed by atoms with E-state index >= 15 is 0 Å². The molecule has 120 valence electrons. The van der Waals surface area contributed by atoms with Crippen LogP contribution in [0.3, 0.4) is 0 Å². The first kappa shape index (κ1) is 16.3. The third kappa shape index (κ3) is 2.77. The molecule has 2 rings (SSSR count). The molecule has 22 heavy (non-hydrogen) atoms. The molecule has 1 aliphatic rings. The number of rotatable bonds is 5. The molecule has 0 spiro atoms. The molecule has 1 fully saturated rings. The van der Waals surface area contributed by atoms with Crippen molar-refractivity contribution in [3.8, 4) is 0 Å². The Morgan fingerprint density at radius 3 is 2.82 bits per heavy atom. The summed E-state index contributed by atoms with van der Waals surface area (Å²) in [6, 6.07) is 1.77. The Morgan fingerprint density at radius 2 is 2.23 bits per heavy atom. The minimum absolute atomic E-state index is 0.149. The summed E-state index contributed by atoms with van der Waals surface area (Å²) in [6.45, 7) is 7.45. The smallest absolute Gasteiger partial charge is 0.314 e. The number of ether oxygens (including phenoxy) is 1. The van der Waals surface area contributed by atoms with E-state index in [4.69, 9.17) is 10.5 Å². The largest absolute Gasteiger partial charge is 0.466 e. The molecular weight excluding hydrogens is 282 g/mol. The lowest BCUT2D eigenvalue weighted by molar-refractivity contribution is -0.156. The highest BCUT2D eigenvalue weighted by atomic mass is 16.5. The highest BCUT2D eigenvalue weighted by Gasteiger charge is 2.48. The van der Waals surface area contributed by atoms with E-state index in [9.17, 15) is 9.59 Å². The van der Waals surface area contributed by atoms with Gasteiger partial charge in [-0.3, -0.25) is 14.6 Å². The van der Waals surface area contributed by atoms with E-state index < -0.39 is 11.3 Å². The summed E-state index contributed by atoms with van der Waals surface area (Å²) in [7, 11) is 0. The van der Waals surface area contributed by atoms with Gasteiger partial charge < -0.3 is 15.4 Å². The number of carbonyl (C=O) groups is 2. The first-order valence-corrected chi connectivity index (χ1v) is 7.58. The first-order chi connectivity index (χ1) is 10.4. The van der Waals surface area contributed by atoms with Crippen LogP contribution in [-0.2, 0) is 9.53 Å². The van der Waals surface area contributed by atoms with Gasteiger partial charge in [-0.25, -0.2) is 0 Å². The average Bonchev–Trinajstić information content (AvgIpc) is 2.94. The van der Waals surface area contributed by atoms with Crippen LogP contribution in [0.25, 0.3) is 0 Å². The molecule has 6 heteroatoms. The van der Waals surface area contributed by atoms with E-state index in [2.05, 4.69) is 4.98 Å². The Labute approximate surface area is 130 Å². The zero-order valence-electron chi connectivity index (χ0n) is 13.3. The molecule has 1 aliphatic heterocycles. The maximum atomic E-state index is 12.5. The summed E-state index contributed by atoms with van der Waals surface area (Å²) in [5.74, 6) is -0.529. The number of aromatic nitrogens is 1. The summed E-state index contributed by atoms with van der Waals surface area (Å²) in [6.07, 6.45) is 3.79. The SMILES string of the molecule is CCOC(=O)C1(C(C)C)CCN(c2ccncc2C(N)=O)C1. The second-order valence-electron chi connectivity index (χ2n) is 5.96. The van der Waals surface area contributed by atoms with Crippen molar-refractivity contribution in [1.82, 2.24) is 4.98 Å². The highest BCUT2D eigenvalue weighted by molar-refractivity contribution is 5.98. The number of anilines is 1. The number of primary amides is 1. The van der Waals surface area contributed by atoms with Gasteiger partial charge in [0.25, 0.3) is 5.91 Å². The molecule has 0 aromatic carbocycles. The summed E-state index contributed by atoms with van der Waals surface area (Å²) >= 11 is 0. The van der Waals surface area contributed by atoms with E-state index in [1.165, 1.54) is 6.20 Å². The maximum Gasteiger partial charge on any atom is 0.314 e. The van der Waals surface area contributed by atoms with Crippen LogP contribution in [0.2, 0.25) is 0 Å². The van der Waals surface area contributed by atoms with Gasteiger partial charge in [0, 0.05) is 25.5 Å². The van der Waals surface area contributed by atoms with E-state index in [0.717, 1.165) is 5.69 Å². The number of nitrogens with zero attached hydrogens (tertiary/aromatic N) is 2. The Morgan fingerprint density at radius 1 is 1.50 bits per heavy atom. The Bertz CT molecular complexity index is 574. The number of hydrogen-bond acceptors (Lipinski definition) is 5. The molecule has 2 N–H and O–H groups in total. The summed E-state index contributed by atoms with van der Waals surface area (Å²) in [4.78, 5) is 30.0. The zero-order valence-corrected chi connectivity index (χ0v) is 13.3. The van der Waals surface area contributed by atoms with E-state index in [0.29, 0.717) is 31.7 Å². The topological polar surface area (TPSA) is 85.5 Å². The van der Waals surface area contributed by atoms with Crippen molar-refractivity contribution in [3.05, 3.63) is 24.0 Å². The Balaban J connectivity index is 2.31. The van der Waals surface area contributed by atoms with Gasteiger partial charge >= 0.3 is 5.97 Å². The lowest BCUT2D eigenvalue weighted by atomic mass is 9.76. The molecule has 6 nitrogen and oxygen atoms in total. The van der Waals surface area contributed by atoms with Gasteiger partial charge in [-0.05, 0) is 25.3 Å². The molecule has 1 aromatic rings. The standard InChI is InChI=1S/C16H23N3O3/c1-4-22-15(21)16(11(2)3)6-8-19(10-16)13-5-7-18-9-12(13)14(17)20/h5,7,9,11H,4,6,8,10H2,1-3H3,(H2,17,20). The van der Waals surface area contributed by atoms with Crippen LogP contribution in [0.1, 0.15) is 37.6 Å². The van der Waals surface area contributed by atoms with E-state index in [1.807, 2.05) is 25.7 Å². The molecule has 0 bridgehead atoms. The Hall–Kier alpha value is -2.11. The molecule has 0 aliphatic carbocycles. The third-order valence-corrected chi connectivity index (χ3v) is 4.49. The zero-order chi connectivity index (χ0) is 16.3. The van der Waals surface area contributed by atoms with Crippen LogP contribution in [0.5, 0.6) is 0 Å². The lowest BCUT2D eigenvalue weighted by Crippen LogP contribution is -2.41. The number of esters is 1. The van der Waals surface area contributed by atoms with Crippen molar-refractivity contribution in [2.24, 2.45) is 17.1 Å². The van der Waals surface area contributed by atoms with Crippen LogP contribution < -0.4 is 10.6 Å². The molecule has 2 heterocycles. The average molecular weight is 305 g/mol. The van der Waals surface area contributed by atoms with Crippen LogP contribution >= 0.6 is 0 Å². The van der Waals surface area contributed by atoms with Gasteiger partial charge in [-0.15, -0.1) is 0 Å². The minimum atomic E-state index is -0.547. The minimum Gasteiger partial charge on any atom is -0.466 e. The normalized spacial score (nSPS) is 21.2. The van der Waals surface area contributed by atoms with Crippen molar-refractivity contribution in [1.29, 1.82) is 0 Å². The number of hydrogen-bond donors (Lipinski definition) is 1. The van der Waals surface area contributed by atoms with Gasteiger partial charge in [0.1, 0.15) is 0 Å². The molecule has 1 unspecified atom stereocenters. The molecular formula is C16H23N3O3. The predicted octanol–water partition coefficient (Wildman–Crippen LogP) is 1.60. The quantitative estimate of drug-likeness (QED) is 0.835. The summed E-state index contributed by atoms with van der Waals surface area (Å²) in [5.41, 5.74) is 5.98. The first-order valence-electron chi connectivity index (χ1n) is 7.58. The monoisotopic (exact) mass is 305 g/mol. The van der Waals surface area contributed by atoms with Gasteiger partial charge in [0.15, 0.2) is 0 Å². The van der Waals surface area contributed by atoms with Crippen molar-refractivity contribution in [3.63, 3.8) is 0 Å². The molecule has 1 atom stereocenters. The maximum absolute atomic E-state index is 12.5.